The second-order valence-corrected chi connectivity index (χ2v) is 7.17. The fourth-order valence-electron chi connectivity index (χ4n) is 2.67. The van der Waals surface area contributed by atoms with Gasteiger partial charge in [0.25, 0.3) is 0 Å². The van der Waals surface area contributed by atoms with Gasteiger partial charge in [-0.2, -0.15) is 0 Å². The van der Waals surface area contributed by atoms with Crippen molar-refractivity contribution < 1.29 is 23.7 Å². The Morgan fingerprint density at radius 3 is 2.46 bits per heavy atom. The van der Waals surface area contributed by atoms with Crippen molar-refractivity contribution in [1.29, 1.82) is 0 Å². The molecule has 8 heteroatoms. The van der Waals surface area contributed by atoms with Crippen LogP contribution in [-0.4, -0.2) is 49.8 Å². The summed E-state index contributed by atoms with van der Waals surface area (Å²) >= 11 is 1.50. The molecule has 0 N–H and O–H groups in total. The molecule has 1 unspecified atom stereocenters. The minimum absolute atomic E-state index is 0.0404. The summed E-state index contributed by atoms with van der Waals surface area (Å²) in [5.41, 5.74) is 0.834. The molecular weight excluding hydrogens is 380 g/mol. The third-order valence-electron chi connectivity index (χ3n) is 4.37. The number of hydrogen-bond acceptors (Lipinski definition) is 7. The minimum Gasteiger partial charge on any atom is -0.493 e. The standard InChI is InChI=1S/C20H28N2O5S/c1-6-14(2)22(19(23)12-24-3)10-15-13-28-18(21-15)11-27-20-16(25-4)8-7-9-17(20)26-5/h7-9,13-14H,6,10-12H2,1-5H3. The number of aromatic nitrogens is 1. The summed E-state index contributed by atoms with van der Waals surface area (Å²) in [6.07, 6.45) is 0.864. The first-order valence-corrected chi connectivity index (χ1v) is 9.97. The Labute approximate surface area is 170 Å². The van der Waals surface area contributed by atoms with E-state index in [0.29, 0.717) is 23.8 Å². The normalized spacial score (nSPS) is 11.8. The van der Waals surface area contributed by atoms with Gasteiger partial charge in [-0.3, -0.25) is 4.79 Å². The van der Waals surface area contributed by atoms with Crippen molar-refractivity contribution in [3.05, 3.63) is 34.3 Å². The van der Waals surface area contributed by atoms with Crippen molar-refractivity contribution in [2.45, 2.75) is 39.5 Å². The molecule has 2 rings (SSSR count). The van der Waals surface area contributed by atoms with Crippen molar-refractivity contribution in [3.8, 4) is 17.2 Å². The number of rotatable bonds is 11. The van der Waals surface area contributed by atoms with Gasteiger partial charge in [0.2, 0.25) is 11.7 Å². The Hall–Kier alpha value is -2.32. The largest absolute Gasteiger partial charge is 0.493 e. The van der Waals surface area contributed by atoms with Crippen LogP contribution >= 0.6 is 11.3 Å². The lowest BCUT2D eigenvalue weighted by Crippen LogP contribution is -2.39. The summed E-state index contributed by atoms with van der Waals surface area (Å²) in [7, 11) is 4.70. The molecule has 154 valence electrons. The van der Waals surface area contributed by atoms with Crippen molar-refractivity contribution in [2.75, 3.05) is 27.9 Å². The average Bonchev–Trinajstić information content (AvgIpc) is 3.17. The highest BCUT2D eigenvalue weighted by atomic mass is 32.1. The zero-order valence-electron chi connectivity index (χ0n) is 17.1. The van der Waals surface area contributed by atoms with E-state index in [1.807, 2.05) is 30.5 Å². The van der Waals surface area contributed by atoms with Crippen LogP contribution in [0.2, 0.25) is 0 Å². The molecule has 0 saturated carbocycles. The lowest BCUT2D eigenvalue weighted by molar-refractivity contribution is -0.138. The van der Waals surface area contributed by atoms with Gasteiger partial charge in [0, 0.05) is 18.5 Å². The van der Waals surface area contributed by atoms with Gasteiger partial charge < -0.3 is 23.8 Å². The molecule has 1 aromatic heterocycles. The molecule has 0 bridgehead atoms. The molecule has 0 saturated heterocycles. The second-order valence-electron chi connectivity index (χ2n) is 6.22. The summed E-state index contributed by atoms with van der Waals surface area (Å²) in [5.74, 6) is 1.70. The van der Waals surface area contributed by atoms with Crippen LogP contribution in [0.25, 0.3) is 0 Å². The molecule has 1 amide bonds. The number of carbonyl (C=O) groups is 1. The monoisotopic (exact) mass is 408 g/mol. The Morgan fingerprint density at radius 1 is 1.21 bits per heavy atom. The maximum Gasteiger partial charge on any atom is 0.249 e. The molecule has 1 aromatic carbocycles. The van der Waals surface area contributed by atoms with Gasteiger partial charge in [0.05, 0.1) is 26.5 Å². The molecule has 0 aliphatic heterocycles. The van der Waals surface area contributed by atoms with Gasteiger partial charge in [-0.1, -0.05) is 13.0 Å². The van der Waals surface area contributed by atoms with Crippen molar-refractivity contribution in [3.63, 3.8) is 0 Å². The number of carbonyl (C=O) groups excluding carboxylic acids is 1. The van der Waals surface area contributed by atoms with Crippen LogP contribution in [0.1, 0.15) is 31.0 Å². The number of thiazole rings is 1. The van der Waals surface area contributed by atoms with Crippen molar-refractivity contribution in [1.82, 2.24) is 9.88 Å². The SMILES string of the molecule is CCC(C)N(Cc1csc(COc2c(OC)cccc2OC)n1)C(=O)COC. The van der Waals surface area contributed by atoms with Gasteiger partial charge in [0.1, 0.15) is 18.2 Å². The number of nitrogens with zero attached hydrogens (tertiary/aromatic N) is 2. The molecule has 0 radical (unpaired) electrons. The Kier molecular flexibility index (Phi) is 8.53. The van der Waals surface area contributed by atoms with Gasteiger partial charge in [-0.15, -0.1) is 11.3 Å². The molecule has 0 aliphatic rings. The lowest BCUT2D eigenvalue weighted by Gasteiger charge is -2.27. The molecule has 0 spiro atoms. The van der Waals surface area contributed by atoms with E-state index in [4.69, 9.17) is 18.9 Å². The number of ether oxygens (including phenoxy) is 4. The molecule has 2 aromatic rings. The van der Waals surface area contributed by atoms with Gasteiger partial charge in [-0.25, -0.2) is 4.98 Å². The highest BCUT2D eigenvalue weighted by Crippen LogP contribution is 2.37. The fourth-order valence-corrected chi connectivity index (χ4v) is 3.37. The average molecular weight is 409 g/mol. The van der Waals surface area contributed by atoms with E-state index in [0.717, 1.165) is 17.1 Å². The Morgan fingerprint density at radius 2 is 1.89 bits per heavy atom. The van der Waals surface area contributed by atoms with Crippen LogP contribution in [0.4, 0.5) is 0 Å². The smallest absolute Gasteiger partial charge is 0.249 e. The summed E-state index contributed by atoms with van der Waals surface area (Å²) in [6.45, 7) is 4.89. The van der Waals surface area contributed by atoms with Crippen LogP contribution in [0.3, 0.4) is 0 Å². The Bertz CT molecular complexity index is 743. The van der Waals surface area contributed by atoms with Crippen LogP contribution in [0.5, 0.6) is 17.2 Å². The van der Waals surface area contributed by atoms with Crippen LogP contribution in [0.15, 0.2) is 23.6 Å². The number of amides is 1. The maximum absolute atomic E-state index is 12.3. The minimum atomic E-state index is -0.0404. The van der Waals surface area contributed by atoms with Gasteiger partial charge in [0.15, 0.2) is 11.5 Å². The van der Waals surface area contributed by atoms with E-state index in [-0.39, 0.29) is 25.2 Å². The van der Waals surface area contributed by atoms with Crippen molar-refractivity contribution >= 4 is 17.2 Å². The van der Waals surface area contributed by atoms with Crippen molar-refractivity contribution in [2.24, 2.45) is 0 Å². The fraction of sp³-hybridized carbons (Fsp3) is 0.500. The quantitative estimate of drug-likeness (QED) is 0.567. The van der Waals surface area contributed by atoms with E-state index in [9.17, 15) is 4.79 Å². The molecule has 1 atom stereocenters. The highest BCUT2D eigenvalue weighted by Gasteiger charge is 2.20. The second kappa shape index (κ2) is 10.9. The highest BCUT2D eigenvalue weighted by molar-refractivity contribution is 7.09. The van der Waals surface area contributed by atoms with Crippen LogP contribution in [-0.2, 0) is 22.7 Å². The van der Waals surface area contributed by atoms with E-state index in [2.05, 4.69) is 11.9 Å². The van der Waals surface area contributed by atoms with Crippen LogP contribution in [0, 0.1) is 0 Å². The molecule has 0 fully saturated rings. The molecule has 1 heterocycles. The third-order valence-corrected chi connectivity index (χ3v) is 5.24. The predicted molar refractivity (Wildman–Crippen MR) is 108 cm³/mol. The molecule has 28 heavy (non-hydrogen) atoms. The Balaban J connectivity index is 2.07. The summed E-state index contributed by atoms with van der Waals surface area (Å²) in [5, 5.41) is 2.76. The van der Waals surface area contributed by atoms with E-state index in [1.54, 1.807) is 19.1 Å². The summed E-state index contributed by atoms with van der Waals surface area (Å²) in [4.78, 5) is 18.7. The molecule has 7 nitrogen and oxygen atoms in total. The summed E-state index contributed by atoms with van der Waals surface area (Å²) in [6, 6.07) is 5.58. The van der Waals surface area contributed by atoms with E-state index >= 15 is 0 Å². The number of methoxy groups -OCH3 is 3. The molecule has 0 aliphatic carbocycles. The van der Waals surface area contributed by atoms with Gasteiger partial charge in [-0.05, 0) is 25.5 Å². The maximum atomic E-state index is 12.3. The van der Waals surface area contributed by atoms with E-state index in [1.165, 1.54) is 18.4 Å². The first-order chi connectivity index (χ1) is 13.5. The molecular formula is C20H28N2O5S. The lowest BCUT2D eigenvalue weighted by atomic mass is 10.2. The zero-order chi connectivity index (χ0) is 20.5. The first-order valence-electron chi connectivity index (χ1n) is 9.09. The number of benzene rings is 1. The van der Waals surface area contributed by atoms with Gasteiger partial charge >= 0.3 is 0 Å². The zero-order valence-corrected chi connectivity index (χ0v) is 17.9. The third kappa shape index (κ3) is 5.59. The number of para-hydroxylation sites is 1. The number of hydrogen-bond donors (Lipinski definition) is 0. The van der Waals surface area contributed by atoms with Crippen LogP contribution < -0.4 is 14.2 Å². The summed E-state index contributed by atoms with van der Waals surface area (Å²) < 4.78 is 21.6. The predicted octanol–water partition coefficient (Wildman–Crippen LogP) is 3.51. The topological polar surface area (TPSA) is 70.1 Å². The first kappa shape index (κ1) is 22.0. The van der Waals surface area contributed by atoms with E-state index < -0.39 is 0 Å².